The Kier molecular flexibility index (Phi) is 3.99. The third kappa shape index (κ3) is 2.90. The number of carbonyl (C=O) groups excluding carboxylic acids is 1. The molecule has 0 amide bonds. The number of esters is 1. The normalized spacial score (nSPS) is 10.3. The lowest BCUT2D eigenvalue weighted by Crippen LogP contribution is -2.07. The molecule has 5 heteroatoms. The minimum absolute atomic E-state index is 0.0261. The van der Waals surface area contributed by atoms with E-state index in [1.165, 1.54) is 6.26 Å². The molecule has 0 aliphatic heterocycles. The van der Waals surface area contributed by atoms with Crippen molar-refractivity contribution in [3.05, 3.63) is 41.4 Å². The van der Waals surface area contributed by atoms with E-state index < -0.39 is 0 Å². The van der Waals surface area contributed by atoms with E-state index in [0.717, 1.165) is 5.56 Å². The maximum absolute atomic E-state index is 11.3. The summed E-state index contributed by atoms with van der Waals surface area (Å²) in [5, 5.41) is 0.591. The number of aromatic nitrogens is 1. The number of hydrogen-bond donors (Lipinski definition) is 0. The summed E-state index contributed by atoms with van der Waals surface area (Å²) >= 11 is 6.05. The maximum Gasteiger partial charge on any atom is 0.315 e. The predicted octanol–water partition coefficient (Wildman–Crippen LogP) is 3.10. The van der Waals surface area contributed by atoms with Gasteiger partial charge in [-0.05, 0) is 13.0 Å². The highest BCUT2D eigenvalue weighted by Gasteiger charge is 2.12. The van der Waals surface area contributed by atoms with Gasteiger partial charge in [0.15, 0.2) is 0 Å². The van der Waals surface area contributed by atoms with Crippen LogP contribution >= 0.6 is 11.6 Å². The van der Waals surface area contributed by atoms with Crippen molar-refractivity contribution in [2.75, 3.05) is 6.61 Å². The summed E-state index contributed by atoms with van der Waals surface area (Å²) in [6.07, 6.45) is 1.51. The van der Waals surface area contributed by atoms with Crippen LogP contribution in [-0.4, -0.2) is 17.6 Å². The maximum atomic E-state index is 11.3. The standard InChI is InChI=1S/C13H12ClNO3/c1-2-17-13(16)7-12-15-11(8-18-12)9-5-3-4-6-10(9)14/h3-6,8H,2,7H2,1H3. The Morgan fingerprint density at radius 3 is 2.94 bits per heavy atom. The molecule has 1 heterocycles. The van der Waals surface area contributed by atoms with Gasteiger partial charge >= 0.3 is 5.97 Å². The van der Waals surface area contributed by atoms with Gasteiger partial charge < -0.3 is 9.15 Å². The van der Waals surface area contributed by atoms with E-state index in [0.29, 0.717) is 23.2 Å². The Morgan fingerprint density at radius 2 is 2.22 bits per heavy atom. The van der Waals surface area contributed by atoms with Crippen molar-refractivity contribution in [1.82, 2.24) is 4.98 Å². The average molecular weight is 266 g/mol. The van der Waals surface area contributed by atoms with Crippen LogP contribution < -0.4 is 0 Å². The Balaban J connectivity index is 2.16. The molecule has 0 spiro atoms. The lowest BCUT2D eigenvalue weighted by atomic mass is 10.2. The van der Waals surface area contributed by atoms with Crippen molar-refractivity contribution < 1.29 is 13.9 Å². The molecule has 0 aliphatic carbocycles. The Labute approximate surface area is 110 Å². The number of hydrogen-bond acceptors (Lipinski definition) is 4. The number of rotatable bonds is 4. The number of benzene rings is 1. The van der Waals surface area contributed by atoms with Crippen LogP contribution in [0.4, 0.5) is 0 Å². The number of oxazole rings is 1. The van der Waals surface area contributed by atoms with Crippen LogP contribution in [-0.2, 0) is 16.0 Å². The summed E-state index contributed by atoms with van der Waals surface area (Å²) < 4.78 is 10.0. The van der Waals surface area contributed by atoms with Crippen molar-refractivity contribution >= 4 is 17.6 Å². The minimum atomic E-state index is -0.356. The monoisotopic (exact) mass is 265 g/mol. The topological polar surface area (TPSA) is 52.3 Å². The summed E-state index contributed by atoms with van der Waals surface area (Å²) in [4.78, 5) is 15.5. The fraction of sp³-hybridized carbons (Fsp3) is 0.231. The molecule has 0 saturated heterocycles. The third-order valence-electron chi connectivity index (χ3n) is 2.30. The van der Waals surface area contributed by atoms with Crippen LogP contribution in [0.3, 0.4) is 0 Å². The number of carbonyl (C=O) groups is 1. The fourth-order valence-electron chi connectivity index (χ4n) is 1.52. The van der Waals surface area contributed by atoms with E-state index in [2.05, 4.69) is 4.98 Å². The zero-order chi connectivity index (χ0) is 13.0. The molecule has 0 radical (unpaired) electrons. The predicted molar refractivity (Wildman–Crippen MR) is 67.3 cm³/mol. The van der Waals surface area contributed by atoms with Gasteiger partial charge in [-0.2, -0.15) is 0 Å². The van der Waals surface area contributed by atoms with Crippen LogP contribution in [0, 0.1) is 0 Å². The van der Waals surface area contributed by atoms with Gasteiger partial charge in [-0.15, -0.1) is 0 Å². The van der Waals surface area contributed by atoms with Gasteiger partial charge in [0.2, 0.25) is 5.89 Å². The summed E-state index contributed by atoms with van der Waals surface area (Å²) in [6.45, 7) is 2.10. The first-order valence-electron chi connectivity index (χ1n) is 5.55. The zero-order valence-electron chi connectivity index (χ0n) is 9.85. The highest BCUT2D eigenvalue weighted by molar-refractivity contribution is 6.33. The molecule has 1 aromatic carbocycles. The second-order valence-corrected chi connectivity index (χ2v) is 4.00. The molecule has 2 rings (SSSR count). The van der Waals surface area contributed by atoms with E-state index >= 15 is 0 Å². The molecular formula is C13H12ClNO3. The molecule has 1 aromatic heterocycles. The molecular weight excluding hydrogens is 254 g/mol. The van der Waals surface area contributed by atoms with Crippen molar-refractivity contribution in [3.8, 4) is 11.3 Å². The minimum Gasteiger partial charge on any atom is -0.466 e. The van der Waals surface area contributed by atoms with Gasteiger partial charge in [-0.3, -0.25) is 4.79 Å². The smallest absolute Gasteiger partial charge is 0.315 e. The molecule has 0 unspecified atom stereocenters. The van der Waals surface area contributed by atoms with Gasteiger partial charge in [-0.1, -0.05) is 29.8 Å². The second-order valence-electron chi connectivity index (χ2n) is 3.59. The first kappa shape index (κ1) is 12.6. The first-order chi connectivity index (χ1) is 8.70. The molecule has 0 aliphatic rings. The van der Waals surface area contributed by atoms with Crippen molar-refractivity contribution in [3.63, 3.8) is 0 Å². The Hall–Kier alpha value is -1.81. The molecule has 0 saturated carbocycles. The van der Waals surface area contributed by atoms with Crippen LogP contribution in [0.5, 0.6) is 0 Å². The van der Waals surface area contributed by atoms with Gasteiger partial charge in [0.25, 0.3) is 0 Å². The Morgan fingerprint density at radius 1 is 1.44 bits per heavy atom. The van der Waals surface area contributed by atoms with E-state index in [4.69, 9.17) is 20.8 Å². The molecule has 4 nitrogen and oxygen atoms in total. The summed E-state index contributed by atoms with van der Waals surface area (Å²) in [6, 6.07) is 7.32. The summed E-state index contributed by atoms with van der Waals surface area (Å²) in [5.41, 5.74) is 1.39. The molecule has 94 valence electrons. The van der Waals surface area contributed by atoms with Crippen molar-refractivity contribution in [2.24, 2.45) is 0 Å². The highest BCUT2D eigenvalue weighted by Crippen LogP contribution is 2.26. The van der Waals surface area contributed by atoms with Gasteiger partial charge in [0.1, 0.15) is 18.4 Å². The molecule has 0 fully saturated rings. The van der Waals surface area contributed by atoms with E-state index in [-0.39, 0.29) is 12.4 Å². The van der Waals surface area contributed by atoms with E-state index in [1.807, 2.05) is 18.2 Å². The Bertz CT molecular complexity index is 551. The number of ether oxygens (including phenoxy) is 1. The lowest BCUT2D eigenvalue weighted by Gasteiger charge is -1.98. The summed E-state index contributed by atoms with van der Waals surface area (Å²) in [7, 11) is 0. The third-order valence-corrected chi connectivity index (χ3v) is 2.63. The lowest BCUT2D eigenvalue weighted by molar-refractivity contribution is -0.142. The number of nitrogens with zero attached hydrogens (tertiary/aromatic N) is 1. The largest absolute Gasteiger partial charge is 0.466 e. The van der Waals surface area contributed by atoms with Crippen LogP contribution in [0.15, 0.2) is 34.9 Å². The van der Waals surface area contributed by atoms with E-state index in [9.17, 15) is 4.79 Å². The van der Waals surface area contributed by atoms with E-state index in [1.54, 1.807) is 13.0 Å². The number of halogens is 1. The van der Waals surface area contributed by atoms with Crippen LogP contribution in [0.2, 0.25) is 5.02 Å². The zero-order valence-corrected chi connectivity index (χ0v) is 10.6. The molecule has 0 atom stereocenters. The fourth-order valence-corrected chi connectivity index (χ4v) is 1.75. The highest BCUT2D eigenvalue weighted by atomic mass is 35.5. The van der Waals surface area contributed by atoms with Crippen molar-refractivity contribution in [2.45, 2.75) is 13.3 Å². The van der Waals surface area contributed by atoms with Gasteiger partial charge in [0.05, 0.1) is 11.6 Å². The molecule has 2 aromatic rings. The second kappa shape index (κ2) is 5.69. The quantitative estimate of drug-likeness (QED) is 0.797. The average Bonchev–Trinajstić information content (AvgIpc) is 2.78. The molecule has 18 heavy (non-hydrogen) atoms. The van der Waals surface area contributed by atoms with Crippen molar-refractivity contribution in [1.29, 1.82) is 0 Å². The SMILES string of the molecule is CCOC(=O)Cc1nc(-c2ccccc2Cl)co1. The summed E-state index contributed by atoms with van der Waals surface area (Å²) in [5.74, 6) is -0.0339. The first-order valence-corrected chi connectivity index (χ1v) is 5.93. The van der Waals surface area contributed by atoms with Gasteiger partial charge in [0, 0.05) is 5.56 Å². The van der Waals surface area contributed by atoms with Crippen LogP contribution in [0.25, 0.3) is 11.3 Å². The molecule has 0 bridgehead atoms. The van der Waals surface area contributed by atoms with Crippen LogP contribution in [0.1, 0.15) is 12.8 Å². The molecule has 0 N–H and O–H groups in total. The van der Waals surface area contributed by atoms with Gasteiger partial charge in [-0.25, -0.2) is 4.98 Å².